The molecule has 2 aliphatic rings. The van der Waals surface area contributed by atoms with Crippen molar-refractivity contribution in [3.8, 4) is 12.1 Å². The van der Waals surface area contributed by atoms with Crippen LogP contribution in [-0.2, 0) is 0 Å². The van der Waals surface area contributed by atoms with Crippen LogP contribution in [0.15, 0.2) is 60.6 Å². The van der Waals surface area contributed by atoms with Crippen molar-refractivity contribution in [1.29, 1.82) is 10.5 Å². The first-order valence-corrected chi connectivity index (χ1v) is 12.1. The van der Waals surface area contributed by atoms with Gasteiger partial charge < -0.3 is 16.1 Å². The van der Waals surface area contributed by atoms with E-state index >= 15 is 0 Å². The molecule has 0 spiro atoms. The van der Waals surface area contributed by atoms with E-state index < -0.39 is 6.02 Å². The molecule has 0 bridgehead atoms. The first kappa shape index (κ1) is 22.2. The zero-order valence-corrected chi connectivity index (χ0v) is 20.7. The van der Waals surface area contributed by atoms with E-state index in [1.54, 1.807) is 6.07 Å². The summed E-state index contributed by atoms with van der Waals surface area (Å²) in [6, 6.07) is 16.6. The minimum atomic E-state index is -1.38. The standard InChI is InChI=1S/C28H30N8/c1-28(2,3)17-32-26-20(14-30)15-31-25-19(13-29)11-21(12-23(25)26)33-27(18-7-5-4-6-8-18)24-16-36(35-34-24)22-9-10-22/h4-8,11-12,15-16,22,27,33-35H,9-10,17H2,1-3H3,(H,31,32)/i27D. The van der Waals surface area contributed by atoms with Crippen LogP contribution < -0.4 is 21.6 Å². The predicted octanol–water partition coefficient (Wildman–Crippen LogP) is 4.92. The monoisotopic (exact) mass is 479 g/mol. The number of pyridine rings is 1. The molecule has 5 rings (SSSR count). The molecular formula is C28H30N8. The average Bonchev–Trinajstić information content (AvgIpc) is 3.62. The Morgan fingerprint density at radius 2 is 1.92 bits per heavy atom. The molecule has 0 saturated heterocycles. The summed E-state index contributed by atoms with van der Waals surface area (Å²) in [5.74, 6) is 0. The van der Waals surface area contributed by atoms with Crippen molar-refractivity contribution < 1.29 is 1.37 Å². The van der Waals surface area contributed by atoms with Gasteiger partial charge >= 0.3 is 0 Å². The number of nitrogens with one attached hydrogen (secondary N) is 4. The molecule has 182 valence electrons. The molecule has 1 aliphatic heterocycles. The topological polar surface area (TPSA) is 112 Å². The van der Waals surface area contributed by atoms with E-state index in [1.807, 2.05) is 47.6 Å². The summed E-state index contributed by atoms with van der Waals surface area (Å²) in [7, 11) is 0. The van der Waals surface area contributed by atoms with Crippen LogP contribution in [0.3, 0.4) is 0 Å². The summed E-state index contributed by atoms with van der Waals surface area (Å²) >= 11 is 0. The van der Waals surface area contributed by atoms with E-state index in [2.05, 4.69) is 59.5 Å². The quantitative estimate of drug-likeness (QED) is 0.378. The normalized spacial score (nSPS) is 17.3. The van der Waals surface area contributed by atoms with Gasteiger partial charge in [-0.25, -0.2) is 0 Å². The number of hydrazine groups is 2. The highest BCUT2D eigenvalue weighted by Gasteiger charge is 2.32. The Hall–Kier alpha value is -4.27. The van der Waals surface area contributed by atoms with E-state index in [0.29, 0.717) is 51.7 Å². The van der Waals surface area contributed by atoms with E-state index in [9.17, 15) is 11.9 Å². The number of anilines is 2. The molecule has 3 aromatic rings. The van der Waals surface area contributed by atoms with E-state index in [0.717, 1.165) is 18.4 Å². The molecule has 2 aromatic carbocycles. The second-order valence-corrected chi connectivity index (χ2v) is 10.4. The van der Waals surface area contributed by atoms with Crippen molar-refractivity contribution >= 4 is 22.3 Å². The lowest BCUT2D eigenvalue weighted by molar-refractivity contribution is 0.260. The third kappa shape index (κ3) is 4.91. The van der Waals surface area contributed by atoms with E-state index in [1.165, 1.54) is 6.20 Å². The van der Waals surface area contributed by atoms with Crippen LogP contribution in [0.2, 0.25) is 0 Å². The lowest BCUT2D eigenvalue weighted by atomic mass is 9.96. The molecule has 1 saturated carbocycles. The molecule has 8 heteroatoms. The van der Waals surface area contributed by atoms with Crippen molar-refractivity contribution in [2.24, 2.45) is 5.41 Å². The van der Waals surface area contributed by atoms with Crippen molar-refractivity contribution in [2.45, 2.75) is 45.7 Å². The summed E-state index contributed by atoms with van der Waals surface area (Å²) in [5, 5.41) is 29.2. The minimum absolute atomic E-state index is 0.0269. The third-order valence-electron chi connectivity index (χ3n) is 6.14. The molecule has 1 aliphatic carbocycles. The average molecular weight is 480 g/mol. The van der Waals surface area contributed by atoms with Gasteiger partial charge in [-0.3, -0.25) is 9.99 Å². The fourth-order valence-corrected chi connectivity index (χ4v) is 4.14. The maximum atomic E-state index is 9.98. The van der Waals surface area contributed by atoms with Crippen LogP contribution in [0.5, 0.6) is 0 Å². The molecule has 2 heterocycles. The Morgan fingerprint density at radius 1 is 1.17 bits per heavy atom. The van der Waals surface area contributed by atoms with Crippen molar-refractivity contribution in [1.82, 2.24) is 21.0 Å². The fourth-order valence-electron chi connectivity index (χ4n) is 4.14. The zero-order valence-electron chi connectivity index (χ0n) is 21.7. The summed E-state index contributed by atoms with van der Waals surface area (Å²) < 4.78 is 9.60. The lowest BCUT2D eigenvalue weighted by Gasteiger charge is -2.23. The minimum Gasteiger partial charge on any atom is -0.383 e. The van der Waals surface area contributed by atoms with E-state index in [4.69, 9.17) is 0 Å². The van der Waals surface area contributed by atoms with Crippen LogP contribution in [0, 0.1) is 28.1 Å². The van der Waals surface area contributed by atoms with Gasteiger partial charge in [0, 0.05) is 36.1 Å². The summed E-state index contributed by atoms with van der Waals surface area (Å²) in [4.78, 5) is 4.44. The first-order valence-electron chi connectivity index (χ1n) is 12.6. The van der Waals surface area contributed by atoms with Gasteiger partial charge in [0.1, 0.15) is 12.1 Å². The number of rotatable bonds is 7. The summed E-state index contributed by atoms with van der Waals surface area (Å²) in [6.07, 6.45) is 5.65. The summed E-state index contributed by atoms with van der Waals surface area (Å²) in [5.41, 5.74) is 10.2. The Bertz CT molecular complexity index is 1440. The lowest BCUT2D eigenvalue weighted by Crippen LogP contribution is -2.38. The van der Waals surface area contributed by atoms with Crippen LogP contribution in [0.25, 0.3) is 10.9 Å². The summed E-state index contributed by atoms with van der Waals surface area (Å²) in [6.45, 7) is 6.96. The smallest absolute Gasteiger partial charge is 0.103 e. The van der Waals surface area contributed by atoms with Crippen molar-refractivity contribution in [2.75, 3.05) is 17.2 Å². The third-order valence-corrected chi connectivity index (χ3v) is 6.14. The number of benzene rings is 2. The predicted molar refractivity (Wildman–Crippen MR) is 141 cm³/mol. The molecular weight excluding hydrogens is 448 g/mol. The Morgan fingerprint density at radius 3 is 2.58 bits per heavy atom. The van der Waals surface area contributed by atoms with Gasteiger partial charge in [0.25, 0.3) is 0 Å². The SMILES string of the molecule is [2H]C(Nc1cc(C#N)c2ncc(C#N)c(NCC(C)(C)C)c2c1)(C1=CN(C2CC2)NN1)c1ccccc1. The number of nitrogens with zero attached hydrogens (tertiary/aromatic N) is 4. The molecule has 0 radical (unpaired) electrons. The number of fused-ring (bicyclic) bond motifs is 1. The number of hydrogen-bond acceptors (Lipinski definition) is 8. The van der Waals surface area contributed by atoms with Gasteiger partial charge in [-0.2, -0.15) is 10.5 Å². The van der Waals surface area contributed by atoms with E-state index in [-0.39, 0.29) is 5.41 Å². The maximum absolute atomic E-state index is 9.98. The molecule has 1 fully saturated rings. The molecule has 1 unspecified atom stereocenters. The zero-order chi connectivity index (χ0) is 26.2. The maximum Gasteiger partial charge on any atom is 0.103 e. The van der Waals surface area contributed by atoms with Gasteiger partial charge in [0.15, 0.2) is 0 Å². The van der Waals surface area contributed by atoms with Gasteiger partial charge in [-0.1, -0.05) is 51.1 Å². The van der Waals surface area contributed by atoms with Crippen LogP contribution in [0.4, 0.5) is 11.4 Å². The second kappa shape index (κ2) is 9.41. The largest absolute Gasteiger partial charge is 0.383 e. The molecule has 0 amide bonds. The molecule has 8 nitrogen and oxygen atoms in total. The van der Waals surface area contributed by atoms with Gasteiger partial charge in [-0.05, 0) is 36.0 Å². The van der Waals surface area contributed by atoms with Gasteiger partial charge in [0.05, 0.1) is 35.4 Å². The van der Waals surface area contributed by atoms with Crippen LogP contribution in [-0.4, -0.2) is 22.6 Å². The number of nitriles is 2. The first-order chi connectivity index (χ1) is 17.7. The highest BCUT2D eigenvalue weighted by molar-refractivity contribution is 5.99. The molecule has 1 atom stereocenters. The van der Waals surface area contributed by atoms with Gasteiger partial charge in [0.2, 0.25) is 0 Å². The van der Waals surface area contributed by atoms with Crippen LogP contribution in [0.1, 0.15) is 57.7 Å². The Labute approximate surface area is 213 Å². The highest BCUT2D eigenvalue weighted by atomic mass is 15.7. The van der Waals surface area contributed by atoms with Crippen molar-refractivity contribution in [3.63, 3.8) is 0 Å². The number of hydrogen-bond donors (Lipinski definition) is 4. The number of aromatic nitrogens is 1. The van der Waals surface area contributed by atoms with Crippen molar-refractivity contribution in [3.05, 3.63) is 77.2 Å². The Balaban J connectivity index is 1.62. The highest BCUT2D eigenvalue weighted by Crippen LogP contribution is 2.35. The molecule has 4 N–H and O–H groups in total. The fraction of sp³-hybridized carbons (Fsp3) is 0.321. The van der Waals surface area contributed by atoms with Gasteiger partial charge in [-0.15, -0.1) is 5.53 Å². The molecule has 36 heavy (non-hydrogen) atoms. The molecule has 1 aromatic heterocycles. The second-order valence-electron chi connectivity index (χ2n) is 10.4. The Kier molecular flexibility index (Phi) is 5.80. The van der Waals surface area contributed by atoms with Crippen LogP contribution >= 0.6 is 0 Å².